The summed E-state index contributed by atoms with van der Waals surface area (Å²) in [5, 5.41) is 9.32. The van der Waals surface area contributed by atoms with Crippen LogP contribution < -0.4 is 10.6 Å². The Bertz CT molecular complexity index is 790. The molecule has 0 spiro atoms. The van der Waals surface area contributed by atoms with Crippen molar-refractivity contribution in [2.75, 3.05) is 11.9 Å². The minimum Gasteiger partial charge on any atom is -0.360 e. The lowest BCUT2D eigenvalue weighted by Crippen LogP contribution is -2.30. The lowest BCUT2D eigenvalue weighted by atomic mass is 10.1. The maximum absolute atomic E-state index is 12.6. The Morgan fingerprint density at radius 3 is 2.80 bits per heavy atom. The number of rotatable bonds is 5. The number of carbonyl (C=O) groups is 2. The third-order valence-corrected chi connectivity index (χ3v) is 4.08. The van der Waals surface area contributed by atoms with E-state index in [1.165, 1.54) is 0 Å². The molecule has 0 radical (unpaired) electrons. The van der Waals surface area contributed by atoms with E-state index in [1.54, 1.807) is 13.0 Å². The van der Waals surface area contributed by atoms with Gasteiger partial charge in [0.15, 0.2) is 17.3 Å². The highest BCUT2D eigenvalue weighted by molar-refractivity contribution is 6.04. The fourth-order valence-electron chi connectivity index (χ4n) is 2.87. The van der Waals surface area contributed by atoms with E-state index in [0.717, 1.165) is 25.0 Å². The molecule has 2 aromatic rings. The van der Waals surface area contributed by atoms with Crippen LogP contribution >= 0.6 is 0 Å². The van der Waals surface area contributed by atoms with Crippen molar-refractivity contribution in [1.82, 2.24) is 20.0 Å². The Labute approximate surface area is 146 Å². The summed E-state index contributed by atoms with van der Waals surface area (Å²) in [7, 11) is 0. The Morgan fingerprint density at radius 1 is 1.32 bits per heavy atom. The van der Waals surface area contributed by atoms with E-state index in [9.17, 15) is 9.59 Å². The molecule has 2 amide bonds. The zero-order valence-electron chi connectivity index (χ0n) is 14.8. The molecule has 0 bridgehead atoms. The van der Waals surface area contributed by atoms with Gasteiger partial charge in [0, 0.05) is 19.2 Å². The third kappa shape index (κ3) is 3.72. The first-order chi connectivity index (χ1) is 12.0. The number of carbonyl (C=O) groups excluding carboxylic acids is 2. The van der Waals surface area contributed by atoms with Crippen molar-refractivity contribution in [3.8, 4) is 0 Å². The fraction of sp³-hybridized carbons (Fsp3) is 0.529. The van der Waals surface area contributed by atoms with Crippen LogP contribution in [0.2, 0.25) is 0 Å². The molecule has 0 saturated heterocycles. The predicted molar refractivity (Wildman–Crippen MR) is 91.5 cm³/mol. The molecule has 0 atom stereocenters. The van der Waals surface area contributed by atoms with Crippen LogP contribution in [0, 0.1) is 12.8 Å². The van der Waals surface area contributed by atoms with Gasteiger partial charge in [0.1, 0.15) is 5.76 Å². The highest BCUT2D eigenvalue weighted by atomic mass is 16.5. The van der Waals surface area contributed by atoms with Gasteiger partial charge in [-0.15, -0.1) is 0 Å². The number of nitrogens with zero attached hydrogens (tertiary/aromatic N) is 3. The van der Waals surface area contributed by atoms with Crippen molar-refractivity contribution in [2.45, 2.75) is 46.6 Å². The van der Waals surface area contributed by atoms with Gasteiger partial charge in [0.2, 0.25) is 0 Å². The Balaban J connectivity index is 1.86. The topological polar surface area (TPSA) is 102 Å². The first-order valence-corrected chi connectivity index (χ1v) is 8.58. The number of amides is 2. The number of fused-ring (bicyclic) bond motifs is 1. The van der Waals surface area contributed by atoms with Crippen LogP contribution in [0.15, 0.2) is 10.6 Å². The lowest BCUT2D eigenvalue weighted by Gasteiger charge is -2.17. The predicted octanol–water partition coefficient (Wildman–Crippen LogP) is 2.15. The molecular formula is C17H23N5O3. The van der Waals surface area contributed by atoms with Gasteiger partial charge in [-0.2, -0.15) is 0 Å². The smallest absolute Gasteiger partial charge is 0.287 e. The van der Waals surface area contributed by atoms with Gasteiger partial charge in [-0.05, 0) is 32.1 Å². The van der Waals surface area contributed by atoms with Crippen molar-refractivity contribution in [2.24, 2.45) is 5.92 Å². The quantitative estimate of drug-likeness (QED) is 0.864. The van der Waals surface area contributed by atoms with Crippen LogP contribution in [0.1, 0.15) is 59.3 Å². The molecule has 3 heterocycles. The Hall–Kier alpha value is -2.64. The van der Waals surface area contributed by atoms with Gasteiger partial charge in [-0.3, -0.25) is 9.59 Å². The van der Waals surface area contributed by atoms with E-state index in [1.807, 2.05) is 18.4 Å². The SMILES string of the molecule is Cc1cc(NC(=O)c2nc(C(=O)NCC(C)C)n3c2CCCC3)no1. The second-order valence-corrected chi connectivity index (χ2v) is 6.72. The first kappa shape index (κ1) is 17.2. The van der Waals surface area contributed by atoms with Crippen molar-refractivity contribution in [3.05, 3.63) is 29.0 Å². The largest absolute Gasteiger partial charge is 0.360 e. The zero-order valence-corrected chi connectivity index (χ0v) is 14.8. The number of hydrogen-bond acceptors (Lipinski definition) is 5. The lowest BCUT2D eigenvalue weighted by molar-refractivity contribution is 0.0933. The van der Waals surface area contributed by atoms with Crippen LogP contribution in [0.5, 0.6) is 0 Å². The summed E-state index contributed by atoms with van der Waals surface area (Å²) in [6, 6.07) is 1.64. The highest BCUT2D eigenvalue weighted by Gasteiger charge is 2.27. The average molecular weight is 345 g/mol. The number of nitrogens with one attached hydrogen (secondary N) is 2. The Morgan fingerprint density at radius 2 is 2.12 bits per heavy atom. The summed E-state index contributed by atoms with van der Waals surface area (Å²) in [5.41, 5.74) is 1.09. The number of imidazole rings is 1. The van der Waals surface area contributed by atoms with Crippen molar-refractivity contribution in [1.29, 1.82) is 0 Å². The summed E-state index contributed by atoms with van der Waals surface area (Å²) < 4.78 is 6.82. The van der Waals surface area contributed by atoms with Crippen LogP contribution in [-0.2, 0) is 13.0 Å². The molecule has 3 rings (SSSR count). The summed E-state index contributed by atoms with van der Waals surface area (Å²) in [6.07, 6.45) is 2.67. The van der Waals surface area contributed by atoms with Crippen LogP contribution in [0.25, 0.3) is 0 Å². The molecule has 0 fully saturated rings. The first-order valence-electron chi connectivity index (χ1n) is 8.58. The van der Waals surface area contributed by atoms with E-state index in [4.69, 9.17) is 4.52 Å². The molecule has 8 nitrogen and oxygen atoms in total. The van der Waals surface area contributed by atoms with Crippen LogP contribution in [0.4, 0.5) is 5.82 Å². The molecule has 1 aliphatic rings. The monoisotopic (exact) mass is 345 g/mol. The van der Waals surface area contributed by atoms with Gasteiger partial charge < -0.3 is 19.7 Å². The van der Waals surface area contributed by atoms with E-state index < -0.39 is 0 Å². The maximum Gasteiger partial charge on any atom is 0.287 e. The molecule has 0 unspecified atom stereocenters. The summed E-state index contributed by atoms with van der Waals surface area (Å²) >= 11 is 0. The highest BCUT2D eigenvalue weighted by Crippen LogP contribution is 2.22. The minimum absolute atomic E-state index is 0.242. The summed E-state index contributed by atoms with van der Waals surface area (Å²) in [4.78, 5) is 29.4. The van der Waals surface area contributed by atoms with E-state index in [2.05, 4.69) is 20.8 Å². The number of hydrogen-bond donors (Lipinski definition) is 2. The molecule has 134 valence electrons. The van der Waals surface area contributed by atoms with Crippen molar-refractivity contribution < 1.29 is 14.1 Å². The fourth-order valence-corrected chi connectivity index (χ4v) is 2.87. The second-order valence-electron chi connectivity index (χ2n) is 6.72. The van der Waals surface area contributed by atoms with Crippen LogP contribution in [0.3, 0.4) is 0 Å². The van der Waals surface area contributed by atoms with Crippen molar-refractivity contribution in [3.63, 3.8) is 0 Å². The second kappa shape index (κ2) is 7.08. The molecule has 0 aromatic carbocycles. The van der Waals surface area contributed by atoms with Gasteiger partial charge >= 0.3 is 0 Å². The minimum atomic E-state index is -0.373. The molecule has 2 N–H and O–H groups in total. The summed E-state index contributed by atoms with van der Waals surface area (Å²) in [6.45, 7) is 7.07. The average Bonchev–Trinajstić information content (AvgIpc) is 3.16. The van der Waals surface area contributed by atoms with E-state index in [0.29, 0.717) is 36.4 Å². The molecular weight excluding hydrogens is 322 g/mol. The van der Waals surface area contributed by atoms with Gasteiger partial charge in [0.25, 0.3) is 11.8 Å². The Kier molecular flexibility index (Phi) is 4.87. The van der Waals surface area contributed by atoms with Gasteiger partial charge in [-0.1, -0.05) is 19.0 Å². The molecule has 1 aliphatic heterocycles. The zero-order chi connectivity index (χ0) is 18.0. The van der Waals surface area contributed by atoms with Gasteiger partial charge in [0.05, 0.1) is 5.69 Å². The number of aryl methyl sites for hydroxylation is 1. The summed E-state index contributed by atoms with van der Waals surface area (Å²) in [5.74, 6) is 0.978. The van der Waals surface area contributed by atoms with Crippen LogP contribution in [-0.4, -0.2) is 33.1 Å². The number of anilines is 1. The third-order valence-electron chi connectivity index (χ3n) is 4.08. The standard InChI is InChI=1S/C17H23N5O3/c1-10(2)9-18-17(24)15-20-14(12-6-4-5-7-22(12)15)16(23)19-13-8-11(3)25-21-13/h8,10H,4-7,9H2,1-3H3,(H,18,24)(H,19,21,23). The molecule has 0 aliphatic carbocycles. The molecule has 25 heavy (non-hydrogen) atoms. The van der Waals surface area contributed by atoms with E-state index >= 15 is 0 Å². The number of aromatic nitrogens is 3. The molecule has 8 heteroatoms. The van der Waals surface area contributed by atoms with E-state index in [-0.39, 0.29) is 17.5 Å². The molecule has 0 saturated carbocycles. The van der Waals surface area contributed by atoms with Crippen molar-refractivity contribution >= 4 is 17.6 Å². The maximum atomic E-state index is 12.6. The van der Waals surface area contributed by atoms with Gasteiger partial charge in [-0.25, -0.2) is 4.98 Å². The molecule has 2 aromatic heterocycles. The normalized spacial score (nSPS) is 13.6.